The van der Waals surface area contributed by atoms with Crippen molar-refractivity contribution in [2.24, 2.45) is 0 Å². The molecule has 1 atom stereocenters. The van der Waals surface area contributed by atoms with Gasteiger partial charge in [-0.25, -0.2) is 9.37 Å². The van der Waals surface area contributed by atoms with Crippen LogP contribution in [0.25, 0.3) is 0 Å². The third-order valence-corrected chi connectivity index (χ3v) is 4.43. The molecule has 2 heterocycles. The van der Waals surface area contributed by atoms with E-state index in [9.17, 15) is 22.4 Å². The van der Waals surface area contributed by atoms with Gasteiger partial charge in [0.25, 0.3) is 5.91 Å². The minimum Gasteiger partial charge on any atom is -0.338 e. The van der Waals surface area contributed by atoms with E-state index in [-0.39, 0.29) is 29.8 Å². The first-order chi connectivity index (χ1) is 11.8. The number of imidazole rings is 1. The van der Waals surface area contributed by atoms with Crippen molar-refractivity contribution in [3.05, 3.63) is 52.9 Å². The van der Waals surface area contributed by atoms with Gasteiger partial charge in [0.05, 0.1) is 6.20 Å². The molecule has 4 nitrogen and oxygen atoms in total. The van der Waals surface area contributed by atoms with Crippen molar-refractivity contribution in [3.63, 3.8) is 0 Å². The molecule has 8 heteroatoms. The zero-order chi connectivity index (χ0) is 18.2. The Bertz CT molecular complexity index is 784. The van der Waals surface area contributed by atoms with Gasteiger partial charge in [-0.05, 0) is 37.5 Å². The monoisotopic (exact) mass is 355 g/mol. The molecule has 0 unspecified atom stereocenters. The van der Waals surface area contributed by atoms with E-state index in [1.54, 1.807) is 11.8 Å². The van der Waals surface area contributed by atoms with Crippen LogP contribution in [0, 0.1) is 12.7 Å². The van der Waals surface area contributed by atoms with Gasteiger partial charge in [-0.1, -0.05) is 6.07 Å². The van der Waals surface area contributed by atoms with E-state index in [4.69, 9.17) is 0 Å². The number of hydrogen-bond acceptors (Lipinski definition) is 2. The molecule has 0 saturated carbocycles. The van der Waals surface area contributed by atoms with Gasteiger partial charge < -0.3 is 9.88 Å². The van der Waals surface area contributed by atoms with Crippen molar-refractivity contribution in [2.75, 3.05) is 13.1 Å². The number of piperidine rings is 1. The molecule has 1 N–H and O–H groups in total. The topological polar surface area (TPSA) is 49.0 Å². The van der Waals surface area contributed by atoms with Gasteiger partial charge in [0.15, 0.2) is 0 Å². The maximum Gasteiger partial charge on any atom is 0.432 e. The maximum absolute atomic E-state index is 13.4. The first-order valence-electron chi connectivity index (χ1n) is 7.93. The third kappa shape index (κ3) is 3.67. The molecular formula is C17H17F4N3O. The van der Waals surface area contributed by atoms with Gasteiger partial charge in [-0.15, -0.1) is 0 Å². The van der Waals surface area contributed by atoms with Crippen LogP contribution in [0.15, 0.2) is 24.4 Å². The number of H-pyrrole nitrogens is 1. The van der Waals surface area contributed by atoms with E-state index in [1.165, 1.54) is 18.2 Å². The second-order valence-corrected chi connectivity index (χ2v) is 6.23. The first kappa shape index (κ1) is 17.4. The minimum atomic E-state index is -4.48. The number of aryl methyl sites for hydroxylation is 1. The number of amides is 1. The van der Waals surface area contributed by atoms with E-state index < -0.39 is 17.7 Å². The summed E-state index contributed by atoms with van der Waals surface area (Å²) in [6.07, 6.45) is -2.43. The Kier molecular flexibility index (Phi) is 4.53. The Morgan fingerprint density at radius 1 is 1.36 bits per heavy atom. The third-order valence-electron chi connectivity index (χ3n) is 4.43. The second kappa shape index (κ2) is 6.50. The summed E-state index contributed by atoms with van der Waals surface area (Å²) in [6, 6.07) is 4.01. The molecule has 1 fully saturated rings. The number of halogens is 4. The molecule has 3 rings (SSSR count). The Balaban J connectivity index is 1.78. The van der Waals surface area contributed by atoms with Gasteiger partial charge >= 0.3 is 6.18 Å². The van der Waals surface area contributed by atoms with Crippen LogP contribution in [0.3, 0.4) is 0 Å². The van der Waals surface area contributed by atoms with Gasteiger partial charge in [0.1, 0.15) is 17.3 Å². The Hall–Kier alpha value is -2.38. The molecule has 0 spiro atoms. The quantitative estimate of drug-likeness (QED) is 0.831. The van der Waals surface area contributed by atoms with Gasteiger partial charge in [-0.3, -0.25) is 4.79 Å². The summed E-state index contributed by atoms with van der Waals surface area (Å²) in [4.78, 5) is 20.3. The normalized spacial score (nSPS) is 18.4. The molecule has 0 radical (unpaired) electrons. The van der Waals surface area contributed by atoms with E-state index in [0.29, 0.717) is 24.9 Å². The molecule has 0 aliphatic carbocycles. The smallest absolute Gasteiger partial charge is 0.338 e. The maximum atomic E-state index is 13.4. The van der Waals surface area contributed by atoms with E-state index in [1.807, 2.05) is 0 Å². The summed E-state index contributed by atoms with van der Waals surface area (Å²) in [5.74, 6) is -0.892. The molecule has 1 saturated heterocycles. The largest absolute Gasteiger partial charge is 0.432 e. The molecule has 1 aliphatic heterocycles. The van der Waals surface area contributed by atoms with E-state index in [0.717, 1.165) is 6.20 Å². The average molecular weight is 355 g/mol. The highest BCUT2D eigenvalue weighted by molar-refractivity contribution is 5.95. The lowest BCUT2D eigenvalue weighted by Gasteiger charge is -2.32. The van der Waals surface area contributed by atoms with E-state index >= 15 is 0 Å². The second-order valence-electron chi connectivity index (χ2n) is 6.23. The molecule has 1 aromatic carbocycles. The number of aromatic amines is 1. The highest BCUT2D eigenvalue weighted by Gasteiger charge is 2.35. The summed E-state index contributed by atoms with van der Waals surface area (Å²) in [7, 11) is 0. The lowest BCUT2D eigenvalue weighted by atomic mass is 9.96. The van der Waals surface area contributed by atoms with Crippen LogP contribution in [-0.4, -0.2) is 33.9 Å². The lowest BCUT2D eigenvalue weighted by molar-refractivity contribution is -0.141. The number of aromatic nitrogens is 2. The Morgan fingerprint density at radius 3 is 2.80 bits per heavy atom. The number of hydrogen-bond donors (Lipinski definition) is 1. The van der Waals surface area contributed by atoms with Crippen LogP contribution in [0.4, 0.5) is 17.6 Å². The van der Waals surface area contributed by atoms with Crippen LogP contribution >= 0.6 is 0 Å². The summed E-state index contributed by atoms with van der Waals surface area (Å²) in [6.45, 7) is 2.45. The van der Waals surface area contributed by atoms with Gasteiger partial charge in [-0.2, -0.15) is 13.2 Å². The molecule has 1 amide bonds. The first-order valence-corrected chi connectivity index (χ1v) is 7.93. The zero-order valence-electron chi connectivity index (χ0n) is 13.5. The minimum absolute atomic E-state index is 0.223. The molecule has 1 aromatic heterocycles. The summed E-state index contributed by atoms with van der Waals surface area (Å²) in [5.41, 5.74) is 0.0360. The highest BCUT2D eigenvalue weighted by Crippen LogP contribution is 2.31. The number of rotatable bonds is 2. The van der Waals surface area contributed by atoms with Crippen LogP contribution in [0.2, 0.25) is 0 Å². The molecule has 25 heavy (non-hydrogen) atoms. The van der Waals surface area contributed by atoms with Crippen molar-refractivity contribution in [3.8, 4) is 0 Å². The lowest BCUT2D eigenvalue weighted by Crippen LogP contribution is -2.39. The van der Waals surface area contributed by atoms with E-state index in [2.05, 4.69) is 9.97 Å². The van der Waals surface area contributed by atoms with Crippen molar-refractivity contribution in [1.82, 2.24) is 14.9 Å². The zero-order valence-corrected chi connectivity index (χ0v) is 13.5. The van der Waals surface area contributed by atoms with Crippen LogP contribution in [0.5, 0.6) is 0 Å². The molecule has 1 aliphatic rings. The number of nitrogens with one attached hydrogen (secondary N) is 1. The summed E-state index contributed by atoms with van der Waals surface area (Å²) in [5, 5.41) is 0. The number of carbonyl (C=O) groups is 1. The molecular weight excluding hydrogens is 338 g/mol. The molecule has 0 bridgehead atoms. The fourth-order valence-electron chi connectivity index (χ4n) is 3.07. The van der Waals surface area contributed by atoms with Gasteiger partial charge in [0.2, 0.25) is 0 Å². The average Bonchev–Trinajstić information content (AvgIpc) is 3.07. The standard InChI is InChI=1S/C17H17F4N3O/c1-10-4-5-12(18)7-13(10)16(25)24-6-2-3-11(9-24)15-22-8-14(23-15)17(19,20)21/h4-5,7-8,11H,2-3,6,9H2,1H3,(H,22,23)/t11-/m0/s1. The highest BCUT2D eigenvalue weighted by atomic mass is 19.4. The number of benzene rings is 1. The van der Waals surface area contributed by atoms with Crippen molar-refractivity contribution in [2.45, 2.75) is 31.9 Å². The fourth-order valence-corrected chi connectivity index (χ4v) is 3.07. The van der Waals surface area contributed by atoms with Gasteiger partial charge in [0, 0.05) is 24.6 Å². The van der Waals surface area contributed by atoms with Crippen LogP contribution < -0.4 is 0 Å². The number of nitrogens with zero attached hydrogens (tertiary/aromatic N) is 2. The molecule has 134 valence electrons. The Labute approximate surface area is 141 Å². The number of alkyl halides is 3. The predicted octanol–water partition coefficient (Wildman–Crippen LogP) is 3.90. The van der Waals surface area contributed by atoms with Crippen molar-refractivity contribution >= 4 is 5.91 Å². The summed E-state index contributed by atoms with van der Waals surface area (Å²) >= 11 is 0. The number of carbonyl (C=O) groups excluding carboxylic acids is 1. The van der Waals surface area contributed by atoms with Crippen molar-refractivity contribution in [1.29, 1.82) is 0 Å². The van der Waals surface area contributed by atoms with Crippen LogP contribution in [-0.2, 0) is 6.18 Å². The SMILES string of the molecule is Cc1ccc(F)cc1C(=O)N1CCC[C@H](c2ncc(C(F)(F)F)[nH]2)C1. The van der Waals surface area contributed by atoms with Crippen molar-refractivity contribution < 1.29 is 22.4 Å². The summed E-state index contributed by atoms with van der Waals surface area (Å²) < 4.78 is 51.6. The molecule has 2 aromatic rings. The fraction of sp³-hybridized carbons (Fsp3) is 0.412. The number of likely N-dealkylation sites (tertiary alicyclic amines) is 1. The van der Waals surface area contributed by atoms with Crippen LogP contribution in [0.1, 0.15) is 46.2 Å². The predicted molar refractivity (Wildman–Crippen MR) is 82.6 cm³/mol. The Morgan fingerprint density at radius 2 is 2.12 bits per heavy atom.